The minimum Gasteiger partial charge on any atom is -0.467 e. The van der Waals surface area contributed by atoms with Gasteiger partial charge in [-0.2, -0.15) is 0 Å². The summed E-state index contributed by atoms with van der Waals surface area (Å²) in [6.45, 7) is 2.17. The monoisotopic (exact) mass is 269 g/mol. The minimum absolute atomic E-state index is 0.0712. The fraction of sp³-hybridized carbons (Fsp3) is 0.312. The highest BCUT2D eigenvalue weighted by molar-refractivity contribution is 5.63. The number of nitrogens with zero attached hydrogens (tertiary/aromatic N) is 2. The van der Waals surface area contributed by atoms with Crippen molar-refractivity contribution in [3.05, 3.63) is 54.7 Å². The number of unbranched alkanes of at least 4 members (excludes halogenated alkanes) is 1. The number of rotatable bonds is 5. The van der Waals surface area contributed by atoms with Crippen LogP contribution < -0.4 is 4.90 Å². The van der Waals surface area contributed by atoms with Gasteiger partial charge in [-0.1, -0.05) is 43.7 Å². The Hall–Kier alpha value is -2.23. The first-order chi connectivity index (χ1) is 9.88. The summed E-state index contributed by atoms with van der Waals surface area (Å²) >= 11 is 0. The van der Waals surface area contributed by atoms with Crippen molar-refractivity contribution in [3.63, 3.8) is 0 Å². The van der Waals surface area contributed by atoms with E-state index in [2.05, 4.69) is 18.1 Å². The second-order valence-corrected chi connectivity index (χ2v) is 4.73. The second-order valence-electron chi connectivity index (χ2n) is 4.73. The molecule has 1 radical (unpaired) electrons. The summed E-state index contributed by atoms with van der Waals surface area (Å²) in [7, 11) is 0. The van der Waals surface area contributed by atoms with Gasteiger partial charge in [-0.15, -0.1) is 0 Å². The number of anilines is 1. The van der Waals surface area contributed by atoms with E-state index in [0.717, 1.165) is 30.6 Å². The van der Waals surface area contributed by atoms with E-state index in [0.29, 0.717) is 5.88 Å². The number of benzene rings is 1. The molecule has 2 aromatic rings. The SMILES string of the molecule is CCCCC1OC(c2ccccc2)=[C]N1c1cnco1. The van der Waals surface area contributed by atoms with Gasteiger partial charge in [0.1, 0.15) is 6.20 Å². The highest BCUT2D eigenvalue weighted by Gasteiger charge is 2.29. The Morgan fingerprint density at radius 2 is 2.15 bits per heavy atom. The summed E-state index contributed by atoms with van der Waals surface area (Å²) in [6.07, 6.45) is 9.46. The van der Waals surface area contributed by atoms with Gasteiger partial charge < -0.3 is 9.15 Å². The van der Waals surface area contributed by atoms with Gasteiger partial charge in [-0.25, -0.2) is 4.98 Å². The maximum atomic E-state index is 6.03. The van der Waals surface area contributed by atoms with E-state index in [1.807, 2.05) is 35.2 Å². The first-order valence-electron chi connectivity index (χ1n) is 6.92. The van der Waals surface area contributed by atoms with Gasteiger partial charge >= 0.3 is 0 Å². The molecule has 0 aliphatic carbocycles. The first kappa shape index (κ1) is 12.8. The quantitative estimate of drug-likeness (QED) is 0.827. The molecule has 2 heterocycles. The van der Waals surface area contributed by atoms with Crippen LogP contribution in [0.15, 0.2) is 47.3 Å². The van der Waals surface area contributed by atoms with E-state index in [1.54, 1.807) is 6.20 Å². The molecular weight excluding hydrogens is 252 g/mol. The van der Waals surface area contributed by atoms with Crippen LogP contribution in [-0.2, 0) is 4.74 Å². The normalized spacial score (nSPS) is 17.9. The van der Waals surface area contributed by atoms with Gasteiger partial charge in [0.15, 0.2) is 18.4 Å². The maximum absolute atomic E-state index is 6.03. The molecule has 3 rings (SSSR count). The average Bonchev–Trinajstić information content (AvgIpc) is 3.15. The van der Waals surface area contributed by atoms with Gasteiger partial charge in [0, 0.05) is 12.0 Å². The lowest BCUT2D eigenvalue weighted by atomic mass is 10.2. The van der Waals surface area contributed by atoms with Crippen LogP contribution in [0.2, 0.25) is 0 Å². The van der Waals surface area contributed by atoms with Crippen LogP contribution in [0.3, 0.4) is 0 Å². The molecule has 0 N–H and O–H groups in total. The van der Waals surface area contributed by atoms with Crippen molar-refractivity contribution in [1.82, 2.24) is 4.98 Å². The highest BCUT2D eigenvalue weighted by atomic mass is 16.5. The van der Waals surface area contributed by atoms with Gasteiger partial charge in [0.25, 0.3) is 0 Å². The topological polar surface area (TPSA) is 38.5 Å². The number of hydrogen-bond acceptors (Lipinski definition) is 4. The zero-order valence-electron chi connectivity index (χ0n) is 11.5. The third kappa shape index (κ3) is 2.54. The molecule has 0 spiro atoms. The summed E-state index contributed by atoms with van der Waals surface area (Å²) in [5, 5.41) is 0. The standard InChI is InChI=1S/C16H17N2O2/c1-2-3-9-15-18(16-10-17-12-19-16)11-14(20-15)13-7-5-4-6-8-13/h4-8,10,12,15H,2-3,9H2,1H3. The van der Waals surface area contributed by atoms with Crippen LogP contribution in [0.4, 0.5) is 5.88 Å². The van der Waals surface area contributed by atoms with Crippen molar-refractivity contribution in [3.8, 4) is 0 Å². The molecule has 1 aliphatic rings. The number of oxazole rings is 1. The summed E-state index contributed by atoms with van der Waals surface area (Å²) in [6, 6.07) is 10.0. The predicted octanol–water partition coefficient (Wildman–Crippen LogP) is 3.83. The number of aromatic nitrogens is 1. The number of ether oxygens (including phenoxy) is 1. The Bertz CT molecular complexity index is 563. The van der Waals surface area contributed by atoms with Crippen molar-refractivity contribution in [2.45, 2.75) is 32.4 Å². The van der Waals surface area contributed by atoms with Gasteiger partial charge in [-0.3, -0.25) is 4.90 Å². The molecule has 4 heteroatoms. The predicted molar refractivity (Wildman–Crippen MR) is 76.5 cm³/mol. The molecule has 1 unspecified atom stereocenters. The molecule has 1 aromatic carbocycles. The summed E-state index contributed by atoms with van der Waals surface area (Å²) < 4.78 is 11.4. The van der Waals surface area contributed by atoms with E-state index in [-0.39, 0.29) is 6.23 Å². The molecule has 103 valence electrons. The van der Waals surface area contributed by atoms with Gasteiger partial charge in [-0.05, 0) is 6.42 Å². The molecule has 0 bridgehead atoms. The zero-order valence-corrected chi connectivity index (χ0v) is 11.5. The lowest BCUT2D eigenvalue weighted by Crippen LogP contribution is -2.27. The van der Waals surface area contributed by atoms with Crippen molar-refractivity contribution in [1.29, 1.82) is 0 Å². The Balaban J connectivity index is 1.85. The number of hydrogen-bond donors (Lipinski definition) is 0. The van der Waals surface area contributed by atoms with E-state index < -0.39 is 0 Å². The molecular formula is C16H17N2O2. The first-order valence-corrected chi connectivity index (χ1v) is 6.92. The molecule has 0 saturated carbocycles. The van der Waals surface area contributed by atoms with Gasteiger partial charge in [0.2, 0.25) is 5.88 Å². The Labute approximate surface area is 118 Å². The van der Waals surface area contributed by atoms with E-state index >= 15 is 0 Å². The second kappa shape index (κ2) is 5.82. The van der Waals surface area contributed by atoms with Crippen LogP contribution in [0.1, 0.15) is 31.7 Å². The van der Waals surface area contributed by atoms with E-state index in [9.17, 15) is 0 Å². The fourth-order valence-electron chi connectivity index (χ4n) is 2.21. The van der Waals surface area contributed by atoms with Crippen LogP contribution in [-0.4, -0.2) is 11.2 Å². The minimum atomic E-state index is -0.0712. The highest BCUT2D eigenvalue weighted by Crippen LogP contribution is 2.32. The van der Waals surface area contributed by atoms with Crippen molar-refractivity contribution in [2.24, 2.45) is 0 Å². The largest absolute Gasteiger partial charge is 0.467 e. The summed E-state index contributed by atoms with van der Waals surface area (Å²) in [5.74, 6) is 1.42. The molecule has 1 atom stereocenters. The van der Waals surface area contributed by atoms with E-state index in [4.69, 9.17) is 9.15 Å². The Morgan fingerprint density at radius 1 is 1.30 bits per heavy atom. The molecule has 4 nitrogen and oxygen atoms in total. The molecule has 20 heavy (non-hydrogen) atoms. The summed E-state index contributed by atoms with van der Waals surface area (Å²) in [5.41, 5.74) is 1.02. The molecule has 0 saturated heterocycles. The van der Waals surface area contributed by atoms with Crippen LogP contribution in [0, 0.1) is 6.20 Å². The average molecular weight is 269 g/mol. The van der Waals surface area contributed by atoms with Crippen molar-refractivity contribution >= 4 is 11.6 Å². The van der Waals surface area contributed by atoms with E-state index in [1.165, 1.54) is 6.39 Å². The molecule has 1 aliphatic heterocycles. The maximum Gasteiger partial charge on any atom is 0.223 e. The van der Waals surface area contributed by atoms with Crippen molar-refractivity contribution < 1.29 is 9.15 Å². The molecule has 0 fully saturated rings. The third-order valence-corrected chi connectivity index (χ3v) is 3.26. The fourth-order valence-corrected chi connectivity index (χ4v) is 2.21. The lowest BCUT2D eigenvalue weighted by Gasteiger charge is -2.20. The van der Waals surface area contributed by atoms with Gasteiger partial charge in [0.05, 0.1) is 6.20 Å². The summed E-state index contributed by atoms with van der Waals surface area (Å²) in [4.78, 5) is 5.86. The van der Waals surface area contributed by atoms with Crippen LogP contribution >= 0.6 is 0 Å². The zero-order chi connectivity index (χ0) is 13.8. The third-order valence-electron chi connectivity index (χ3n) is 3.26. The lowest BCUT2D eigenvalue weighted by molar-refractivity contribution is 0.175. The van der Waals surface area contributed by atoms with Crippen LogP contribution in [0.5, 0.6) is 0 Å². The Kier molecular flexibility index (Phi) is 3.72. The smallest absolute Gasteiger partial charge is 0.223 e. The van der Waals surface area contributed by atoms with Crippen LogP contribution in [0.25, 0.3) is 5.76 Å². The molecule has 1 aromatic heterocycles. The Morgan fingerprint density at radius 3 is 2.85 bits per heavy atom. The molecule has 0 amide bonds. The van der Waals surface area contributed by atoms with Crippen molar-refractivity contribution in [2.75, 3.05) is 4.90 Å².